The number of hydrogen-bond acceptors (Lipinski definition) is 8. The second-order valence-electron chi connectivity index (χ2n) is 8.84. The van der Waals surface area contributed by atoms with Crippen LogP contribution in [0.1, 0.15) is 55.3 Å². The van der Waals surface area contributed by atoms with Crippen LogP contribution in [-0.2, 0) is 25.7 Å². The van der Waals surface area contributed by atoms with Crippen LogP contribution in [0.4, 0.5) is 5.69 Å². The number of anilines is 1. The number of amides is 1. The quantitative estimate of drug-likeness (QED) is 0.271. The minimum atomic E-state index is -0.917. The molecule has 0 bridgehead atoms. The highest BCUT2D eigenvalue weighted by Crippen LogP contribution is 2.42. The van der Waals surface area contributed by atoms with Gasteiger partial charge >= 0.3 is 5.97 Å². The predicted octanol–water partition coefficient (Wildman–Crippen LogP) is 4.07. The number of aromatic amines is 1. The van der Waals surface area contributed by atoms with Crippen LogP contribution in [0.2, 0.25) is 0 Å². The molecule has 4 atom stereocenters. The Hall–Kier alpha value is -3.25. The van der Waals surface area contributed by atoms with Crippen molar-refractivity contribution >= 4 is 29.3 Å². The van der Waals surface area contributed by atoms with Crippen molar-refractivity contribution in [3.8, 4) is 0 Å². The smallest absolute Gasteiger partial charge is 0.303 e. The van der Waals surface area contributed by atoms with Gasteiger partial charge in [0.2, 0.25) is 5.91 Å². The topological polar surface area (TPSA) is 147 Å². The second-order valence-corrected chi connectivity index (χ2v) is 9.85. The van der Waals surface area contributed by atoms with Gasteiger partial charge in [0.25, 0.3) is 0 Å². The first-order valence-electron chi connectivity index (χ1n) is 12.0. The van der Waals surface area contributed by atoms with Gasteiger partial charge in [0.1, 0.15) is 6.33 Å². The zero-order chi connectivity index (χ0) is 26.2. The standard InChI is InChI=1S/C26H30N4O6S/c1-16-21(14-37-26-27-15-28-30-26)35-25(36-24(16)18-7-5-17(13-31)6-8-18)19-9-11-20(12-10-19)29-22(32)3-2-4-23(33)34/h5-12,15-16,21,24-25,31H,2-4,13-14H2,1H3,(H,29,32)(H,33,34)(H,27,28,30)/t16-,21+,24+,25+/m1/s1. The molecule has 4 rings (SSSR count). The average molecular weight is 527 g/mol. The number of aliphatic carboxylic acids is 1. The molecule has 0 unspecified atom stereocenters. The second kappa shape index (κ2) is 12.8. The van der Waals surface area contributed by atoms with Crippen molar-refractivity contribution in [2.24, 2.45) is 5.92 Å². The lowest BCUT2D eigenvalue weighted by molar-refractivity contribution is -0.268. The van der Waals surface area contributed by atoms with Crippen molar-refractivity contribution in [1.29, 1.82) is 0 Å². The molecule has 1 fully saturated rings. The molecule has 0 saturated carbocycles. The summed E-state index contributed by atoms with van der Waals surface area (Å²) in [5.41, 5.74) is 3.25. The molecule has 2 aromatic carbocycles. The fourth-order valence-corrected chi connectivity index (χ4v) is 5.03. The number of rotatable bonds is 11. The fourth-order valence-electron chi connectivity index (χ4n) is 4.08. The van der Waals surface area contributed by atoms with E-state index in [4.69, 9.17) is 14.6 Å². The molecule has 1 aliphatic heterocycles. The van der Waals surface area contributed by atoms with Gasteiger partial charge in [0.05, 0.1) is 18.8 Å². The summed E-state index contributed by atoms with van der Waals surface area (Å²) in [6.45, 7) is 2.07. The van der Waals surface area contributed by atoms with E-state index in [0.29, 0.717) is 16.6 Å². The highest BCUT2D eigenvalue weighted by molar-refractivity contribution is 7.99. The molecule has 1 aliphatic rings. The van der Waals surface area contributed by atoms with E-state index < -0.39 is 12.3 Å². The fraction of sp³-hybridized carbons (Fsp3) is 0.385. The lowest BCUT2D eigenvalue weighted by Gasteiger charge is -2.41. The average Bonchev–Trinajstić information content (AvgIpc) is 3.42. The van der Waals surface area contributed by atoms with Gasteiger partial charge in [-0.25, -0.2) is 4.98 Å². The molecule has 4 N–H and O–H groups in total. The number of carboxylic acid groups (broad SMARTS) is 1. The normalized spacial score (nSPS) is 21.5. The minimum absolute atomic E-state index is 0.0218. The zero-order valence-electron chi connectivity index (χ0n) is 20.4. The summed E-state index contributed by atoms with van der Waals surface area (Å²) in [4.78, 5) is 26.9. The number of ether oxygens (including phenoxy) is 2. The molecular weight excluding hydrogens is 496 g/mol. The van der Waals surface area contributed by atoms with Gasteiger partial charge in [0, 0.05) is 35.8 Å². The van der Waals surface area contributed by atoms with Crippen molar-refractivity contribution in [2.45, 2.75) is 56.4 Å². The summed E-state index contributed by atoms with van der Waals surface area (Å²) in [6.07, 6.45) is 0.847. The number of carboxylic acids is 1. The van der Waals surface area contributed by atoms with Gasteiger partial charge in [-0.1, -0.05) is 55.1 Å². The van der Waals surface area contributed by atoms with Crippen LogP contribution in [-0.4, -0.2) is 49.1 Å². The molecular formula is C26H30N4O6S. The summed E-state index contributed by atoms with van der Waals surface area (Å²) in [5, 5.41) is 28.4. The highest BCUT2D eigenvalue weighted by atomic mass is 32.2. The Morgan fingerprint density at radius 2 is 1.78 bits per heavy atom. The first-order valence-corrected chi connectivity index (χ1v) is 13.0. The monoisotopic (exact) mass is 526 g/mol. The number of benzene rings is 2. The van der Waals surface area contributed by atoms with Crippen LogP contribution in [0, 0.1) is 5.92 Å². The first kappa shape index (κ1) is 26.8. The molecule has 0 radical (unpaired) electrons. The van der Waals surface area contributed by atoms with Crippen molar-refractivity contribution in [3.05, 3.63) is 71.5 Å². The van der Waals surface area contributed by atoms with Gasteiger partial charge in [0.15, 0.2) is 11.4 Å². The number of H-pyrrole nitrogens is 1. The number of nitrogens with zero attached hydrogens (tertiary/aromatic N) is 2. The molecule has 1 aromatic heterocycles. The summed E-state index contributed by atoms with van der Waals surface area (Å²) in [5.74, 6) is -0.467. The summed E-state index contributed by atoms with van der Waals surface area (Å²) in [6, 6.07) is 15.0. The van der Waals surface area contributed by atoms with Crippen LogP contribution in [0.25, 0.3) is 0 Å². The van der Waals surface area contributed by atoms with Crippen LogP contribution >= 0.6 is 11.8 Å². The molecule has 1 saturated heterocycles. The van der Waals surface area contributed by atoms with Crippen LogP contribution < -0.4 is 5.32 Å². The van der Waals surface area contributed by atoms with Crippen molar-refractivity contribution in [2.75, 3.05) is 11.1 Å². The maximum atomic E-state index is 12.1. The minimum Gasteiger partial charge on any atom is -0.481 e. The van der Waals surface area contributed by atoms with Crippen molar-refractivity contribution < 1.29 is 29.3 Å². The third-order valence-corrected chi connectivity index (χ3v) is 7.13. The maximum Gasteiger partial charge on any atom is 0.303 e. The Labute approximate surface area is 218 Å². The Bertz CT molecular complexity index is 1160. The SMILES string of the molecule is C[C@@H]1[C@H](CSc2ncn[nH]2)O[C@H](c2ccc(NC(=O)CCCC(=O)O)cc2)O[C@@H]1c1ccc(CO)cc1. The lowest BCUT2D eigenvalue weighted by Crippen LogP contribution is -2.38. The maximum absolute atomic E-state index is 12.1. The Balaban J connectivity index is 1.47. The van der Waals surface area contributed by atoms with E-state index in [0.717, 1.165) is 16.7 Å². The number of carbonyl (C=O) groups is 2. The van der Waals surface area contributed by atoms with Gasteiger partial charge in [-0.3, -0.25) is 14.7 Å². The summed E-state index contributed by atoms with van der Waals surface area (Å²) < 4.78 is 12.8. The predicted molar refractivity (Wildman–Crippen MR) is 137 cm³/mol. The van der Waals surface area contributed by atoms with E-state index in [1.165, 1.54) is 18.1 Å². The van der Waals surface area contributed by atoms with E-state index in [1.807, 2.05) is 36.4 Å². The number of hydrogen-bond donors (Lipinski definition) is 4. The molecule has 3 aromatic rings. The number of nitrogens with one attached hydrogen (secondary N) is 2. The number of carbonyl (C=O) groups excluding carboxylic acids is 1. The third kappa shape index (κ3) is 7.39. The first-order chi connectivity index (χ1) is 17.9. The Kier molecular flexibility index (Phi) is 9.29. The molecule has 2 heterocycles. The third-order valence-electron chi connectivity index (χ3n) is 6.16. The Morgan fingerprint density at radius 1 is 1.05 bits per heavy atom. The van der Waals surface area contributed by atoms with E-state index in [1.54, 1.807) is 12.1 Å². The summed E-state index contributed by atoms with van der Waals surface area (Å²) >= 11 is 1.53. The van der Waals surface area contributed by atoms with E-state index in [9.17, 15) is 14.7 Å². The molecule has 1 amide bonds. The molecule has 0 aliphatic carbocycles. The largest absolute Gasteiger partial charge is 0.481 e. The Morgan fingerprint density at radius 3 is 2.43 bits per heavy atom. The highest BCUT2D eigenvalue weighted by Gasteiger charge is 2.38. The van der Waals surface area contributed by atoms with Crippen LogP contribution in [0.3, 0.4) is 0 Å². The van der Waals surface area contributed by atoms with Gasteiger partial charge < -0.3 is 25.0 Å². The van der Waals surface area contributed by atoms with Gasteiger partial charge in [-0.05, 0) is 29.7 Å². The van der Waals surface area contributed by atoms with E-state index >= 15 is 0 Å². The van der Waals surface area contributed by atoms with Crippen molar-refractivity contribution in [1.82, 2.24) is 15.2 Å². The summed E-state index contributed by atoms with van der Waals surface area (Å²) in [7, 11) is 0. The molecule has 10 nitrogen and oxygen atoms in total. The lowest BCUT2D eigenvalue weighted by atomic mass is 9.91. The number of aliphatic hydroxyl groups is 1. The van der Waals surface area contributed by atoms with Gasteiger partial charge in [-0.2, -0.15) is 5.10 Å². The van der Waals surface area contributed by atoms with Crippen LogP contribution in [0.5, 0.6) is 0 Å². The van der Waals surface area contributed by atoms with E-state index in [2.05, 4.69) is 27.4 Å². The number of thioether (sulfide) groups is 1. The molecule has 11 heteroatoms. The zero-order valence-corrected chi connectivity index (χ0v) is 21.2. The van der Waals surface area contributed by atoms with E-state index in [-0.39, 0.29) is 49.9 Å². The number of aromatic nitrogens is 3. The van der Waals surface area contributed by atoms with Crippen LogP contribution in [0.15, 0.2) is 60.0 Å². The van der Waals surface area contributed by atoms with Crippen molar-refractivity contribution in [3.63, 3.8) is 0 Å². The molecule has 196 valence electrons. The van der Waals surface area contributed by atoms with Gasteiger partial charge in [-0.15, -0.1) is 0 Å². The number of aliphatic hydroxyl groups excluding tert-OH is 1. The molecule has 37 heavy (non-hydrogen) atoms. The molecule has 0 spiro atoms.